The van der Waals surface area contributed by atoms with E-state index in [0.29, 0.717) is 23.7 Å². The summed E-state index contributed by atoms with van der Waals surface area (Å²) in [5.41, 5.74) is 4.86. The minimum absolute atomic E-state index is 0.282. The highest BCUT2D eigenvalue weighted by atomic mass is 79.9. The van der Waals surface area contributed by atoms with Crippen molar-refractivity contribution in [3.63, 3.8) is 0 Å². The molecule has 0 saturated heterocycles. The van der Waals surface area contributed by atoms with Crippen LogP contribution in [0.2, 0.25) is 0 Å². The standard InChI is InChI=1S/C22H18Br2N2O3/c1-28-21-12-16(13-25-26-22(27)17-5-9-19(24)10-6-17)4-11-20(21)29-14-15-2-7-18(23)8-3-15/h2-13H,14H2,1H3,(H,26,27)/b25-13-. The second-order valence-corrected chi connectivity index (χ2v) is 7.86. The van der Waals surface area contributed by atoms with E-state index < -0.39 is 0 Å². The summed E-state index contributed by atoms with van der Waals surface area (Å²) in [6, 6.07) is 20.4. The molecule has 0 fully saturated rings. The summed E-state index contributed by atoms with van der Waals surface area (Å²) in [5, 5.41) is 4.01. The van der Waals surface area contributed by atoms with Gasteiger partial charge >= 0.3 is 0 Å². The fourth-order valence-electron chi connectivity index (χ4n) is 2.46. The van der Waals surface area contributed by atoms with Crippen molar-refractivity contribution in [1.82, 2.24) is 5.43 Å². The molecule has 29 heavy (non-hydrogen) atoms. The number of hydrogen-bond acceptors (Lipinski definition) is 4. The van der Waals surface area contributed by atoms with Gasteiger partial charge in [0.15, 0.2) is 11.5 Å². The third kappa shape index (κ3) is 6.17. The number of ether oxygens (including phenoxy) is 2. The molecule has 0 atom stereocenters. The molecule has 0 spiro atoms. The van der Waals surface area contributed by atoms with Crippen LogP contribution < -0.4 is 14.9 Å². The summed E-state index contributed by atoms with van der Waals surface area (Å²) in [4.78, 5) is 12.1. The number of halogens is 2. The van der Waals surface area contributed by atoms with Gasteiger partial charge in [-0.1, -0.05) is 44.0 Å². The van der Waals surface area contributed by atoms with Crippen LogP contribution in [-0.4, -0.2) is 19.2 Å². The molecule has 0 saturated carbocycles. The topological polar surface area (TPSA) is 59.9 Å². The summed E-state index contributed by atoms with van der Waals surface area (Å²) in [6.45, 7) is 0.431. The lowest BCUT2D eigenvalue weighted by molar-refractivity contribution is 0.0955. The van der Waals surface area contributed by atoms with E-state index in [4.69, 9.17) is 9.47 Å². The maximum atomic E-state index is 12.1. The molecule has 148 valence electrons. The van der Waals surface area contributed by atoms with Crippen molar-refractivity contribution < 1.29 is 14.3 Å². The van der Waals surface area contributed by atoms with E-state index in [9.17, 15) is 4.79 Å². The number of hydrazone groups is 1. The zero-order valence-electron chi connectivity index (χ0n) is 15.6. The maximum absolute atomic E-state index is 12.1. The van der Waals surface area contributed by atoms with Crippen LogP contribution in [0, 0.1) is 0 Å². The van der Waals surface area contributed by atoms with Crippen molar-refractivity contribution in [1.29, 1.82) is 0 Å². The van der Waals surface area contributed by atoms with Gasteiger partial charge in [0.05, 0.1) is 13.3 Å². The average molecular weight is 518 g/mol. The quantitative estimate of drug-likeness (QED) is 0.329. The van der Waals surface area contributed by atoms with Gasteiger partial charge < -0.3 is 9.47 Å². The molecule has 5 nitrogen and oxygen atoms in total. The van der Waals surface area contributed by atoms with E-state index in [1.807, 2.05) is 36.4 Å². The van der Waals surface area contributed by atoms with E-state index in [2.05, 4.69) is 42.4 Å². The van der Waals surface area contributed by atoms with Gasteiger partial charge in [-0.2, -0.15) is 5.10 Å². The second kappa shape index (κ2) is 10.2. The molecule has 0 aromatic heterocycles. The second-order valence-electron chi connectivity index (χ2n) is 6.03. The lowest BCUT2D eigenvalue weighted by Gasteiger charge is -2.11. The van der Waals surface area contributed by atoms with E-state index in [0.717, 1.165) is 20.1 Å². The van der Waals surface area contributed by atoms with Crippen molar-refractivity contribution in [3.05, 3.63) is 92.4 Å². The molecule has 3 rings (SSSR count). The summed E-state index contributed by atoms with van der Waals surface area (Å²) in [6.07, 6.45) is 1.55. The van der Waals surface area contributed by atoms with Crippen molar-refractivity contribution in [2.45, 2.75) is 6.61 Å². The Morgan fingerprint density at radius 3 is 2.28 bits per heavy atom. The Hall–Kier alpha value is -2.64. The Morgan fingerprint density at radius 1 is 0.966 bits per heavy atom. The number of amides is 1. The summed E-state index contributed by atoms with van der Waals surface area (Å²) in [5.74, 6) is 0.937. The van der Waals surface area contributed by atoms with Gasteiger partial charge in [-0.15, -0.1) is 0 Å². The molecule has 0 radical (unpaired) electrons. The largest absolute Gasteiger partial charge is 0.493 e. The summed E-state index contributed by atoms with van der Waals surface area (Å²) in [7, 11) is 1.58. The van der Waals surface area contributed by atoms with Gasteiger partial charge in [0.2, 0.25) is 0 Å². The molecule has 0 aliphatic rings. The molecule has 0 unspecified atom stereocenters. The summed E-state index contributed by atoms with van der Waals surface area (Å²) < 4.78 is 13.2. The zero-order chi connectivity index (χ0) is 20.6. The minimum Gasteiger partial charge on any atom is -0.493 e. The Labute approximate surface area is 186 Å². The number of hydrogen-bond donors (Lipinski definition) is 1. The molecule has 0 bridgehead atoms. The van der Waals surface area contributed by atoms with Crippen LogP contribution in [0.15, 0.2) is 80.8 Å². The smallest absolute Gasteiger partial charge is 0.271 e. The first-order valence-electron chi connectivity index (χ1n) is 8.69. The molecule has 7 heteroatoms. The van der Waals surface area contributed by atoms with Crippen molar-refractivity contribution in [2.24, 2.45) is 5.10 Å². The molecule has 0 aliphatic carbocycles. The van der Waals surface area contributed by atoms with Crippen LogP contribution >= 0.6 is 31.9 Å². The number of methoxy groups -OCH3 is 1. The summed E-state index contributed by atoms with van der Waals surface area (Å²) >= 11 is 6.76. The Bertz CT molecular complexity index is 1000. The number of benzene rings is 3. The van der Waals surface area contributed by atoms with Crippen LogP contribution in [0.1, 0.15) is 21.5 Å². The van der Waals surface area contributed by atoms with Crippen molar-refractivity contribution >= 4 is 44.0 Å². The van der Waals surface area contributed by atoms with Gasteiger partial charge in [0.1, 0.15) is 6.61 Å². The predicted octanol–water partition coefficient (Wildman–Crippen LogP) is 5.56. The van der Waals surface area contributed by atoms with Crippen LogP contribution in [0.25, 0.3) is 0 Å². The SMILES string of the molecule is COc1cc(/C=N\NC(=O)c2ccc(Br)cc2)ccc1OCc1ccc(Br)cc1. The van der Waals surface area contributed by atoms with Gasteiger partial charge in [-0.05, 0) is 65.7 Å². The third-order valence-electron chi connectivity index (χ3n) is 3.98. The molecule has 1 amide bonds. The number of rotatable bonds is 7. The fourth-order valence-corrected chi connectivity index (χ4v) is 2.99. The van der Waals surface area contributed by atoms with Crippen LogP contribution in [0.3, 0.4) is 0 Å². The lowest BCUT2D eigenvalue weighted by atomic mass is 10.2. The van der Waals surface area contributed by atoms with Crippen molar-refractivity contribution in [3.8, 4) is 11.5 Å². The number of nitrogens with one attached hydrogen (secondary N) is 1. The maximum Gasteiger partial charge on any atom is 0.271 e. The zero-order valence-corrected chi connectivity index (χ0v) is 18.7. The van der Waals surface area contributed by atoms with Crippen LogP contribution in [0.4, 0.5) is 0 Å². The Balaban J connectivity index is 1.61. The lowest BCUT2D eigenvalue weighted by Crippen LogP contribution is -2.17. The third-order valence-corrected chi connectivity index (χ3v) is 5.04. The van der Waals surface area contributed by atoms with Gasteiger partial charge in [0.25, 0.3) is 5.91 Å². The highest BCUT2D eigenvalue weighted by Gasteiger charge is 2.07. The number of nitrogens with zero attached hydrogens (tertiary/aromatic N) is 1. The van der Waals surface area contributed by atoms with Crippen LogP contribution in [-0.2, 0) is 6.61 Å². The molecule has 3 aromatic carbocycles. The van der Waals surface area contributed by atoms with E-state index in [-0.39, 0.29) is 5.91 Å². The van der Waals surface area contributed by atoms with E-state index in [1.165, 1.54) is 0 Å². The number of carbonyl (C=O) groups is 1. The highest BCUT2D eigenvalue weighted by Crippen LogP contribution is 2.28. The molecule has 0 heterocycles. The van der Waals surface area contributed by atoms with Crippen LogP contribution in [0.5, 0.6) is 11.5 Å². The van der Waals surface area contributed by atoms with E-state index in [1.54, 1.807) is 43.7 Å². The molecule has 3 aromatic rings. The Kier molecular flexibility index (Phi) is 7.43. The number of carbonyl (C=O) groups excluding carboxylic acids is 1. The van der Waals surface area contributed by atoms with Crippen molar-refractivity contribution in [2.75, 3.05) is 7.11 Å². The first kappa shape index (κ1) is 21.1. The van der Waals surface area contributed by atoms with Gasteiger partial charge in [0, 0.05) is 14.5 Å². The first-order valence-corrected chi connectivity index (χ1v) is 10.3. The fraction of sp³-hybridized carbons (Fsp3) is 0.0909. The highest BCUT2D eigenvalue weighted by molar-refractivity contribution is 9.10. The normalized spacial score (nSPS) is 10.7. The molecular weight excluding hydrogens is 500 g/mol. The molecule has 0 aliphatic heterocycles. The molecule has 1 N–H and O–H groups in total. The predicted molar refractivity (Wildman–Crippen MR) is 121 cm³/mol. The van der Waals surface area contributed by atoms with Gasteiger partial charge in [-0.3, -0.25) is 4.79 Å². The Morgan fingerprint density at radius 2 is 1.62 bits per heavy atom. The average Bonchev–Trinajstić information content (AvgIpc) is 2.74. The van der Waals surface area contributed by atoms with Gasteiger partial charge in [-0.25, -0.2) is 5.43 Å². The minimum atomic E-state index is -0.282. The monoisotopic (exact) mass is 516 g/mol. The molecular formula is C22H18Br2N2O3. The van der Waals surface area contributed by atoms with E-state index >= 15 is 0 Å². The first-order chi connectivity index (χ1) is 14.0.